The van der Waals surface area contributed by atoms with Gasteiger partial charge in [-0.3, -0.25) is 4.79 Å². The maximum absolute atomic E-state index is 13.2. The molecule has 0 bridgehead atoms. The summed E-state index contributed by atoms with van der Waals surface area (Å²) in [6.07, 6.45) is 3.52. The second-order valence-corrected chi connectivity index (χ2v) is 7.64. The minimum absolute atomic E-state index is 0.201. The van der Waals surface area contributed by atoms with E-state index in [9.17, 15) is 4.79 Å². The number of nitrogens with one attached hydrogen (secondary N) is 2. The van der Waals surface area contributed by atoms with Crippen LogP contribution >= 0.6 is 23.4 Å². The highest BCUT2D eigenvalue weighted by atomic mass is 35.5. The number of thioether (sulfide) groups is 1. The van der Waals surface area contributed by atoms with Gasteiger partial charge in [-0.2, -0.15) is 10.1 Å². The third-order valence-electron chi connectivity index (χ3n) is 4.57. The number of allylic oxidation sites excluding steroid dienone is 1. The third-order valence-corrected chi connectivity index (χ3v) is 5.57. The molecule has 0 radical (unpaired) electrons. The topological polar surface area (TPSA) is 71.8 Å². The smallest absolute Gasteiger partial charge is 0.255 e. The number of carbonyl (C=O) groups excluding carboxylic acids is 1. The Labute approximate surface area is 172 Å². The quantitative estimate of drug-likeness (QED) is 0.615. The Morgan fingerprint density at radius 3 is 2.57 bits per heavy atom. The van der Waals surface area contributed by atoms with Crippen molar-refractivity contribution in [2.45, 2.75) is 17.9 Å². The lowest BCUT2D eigenvalue weighted by Gasteiger charge is -2.28. The number of rotatable bonds is 4. The van der Waals surface area contributed by atoms with Gasteiger partial charge in [-0.25, -0.2) is 4.68 Å². The Morgan fingerprint density at radius 1 is 1.18 bits per heavy atom. The molecule has 3 aromatic rings. The lowest BCUT2D eigenvalue weighted by Crippen LogP contribution is -2.31. The highest BCUT2D eigenvalue weighted by Gasteiger charge is 2.33. The van der Waals surface area contributed by atoms with Crippen LogP contribution in [0.15, 0.2) is 71.0 Å². The second-order valence-electron chi connectivity index (χ2n) is 6.33. The fourth-order valence-corrected chi connectivity index (χ4v) is 3.75. The molecule has 4 rings (SSSR count). The van der Waals surface area contributed by atoms with Crippen LogP contribution in [0.2, 0.25) is 5.02 Å². The first-order chi connectivity index (χ1) is 13.6. The summed E-state index contributed by atoms with van der Waals surface area (Å²) in [6, 6.07) is 14.8. The maximum atomic E-state index is 13.2. The van der Waals surface area contributed by atoms with Crippen molar-refractivity contribution in [1.29, 1.82) is 0 Å². The number of aromatic nitrogens is 3. The average molecular weight is 412 g/mol. The van der Waals surface area contributed by atoms with Crippen molar-refractivity contribution in [1.82, 2.24) is 14.8 Å². The number of benzene rings is 2. The molecule has 0 aliphatic carbocycles. The van der Waals surface area contributed by atoms with Crippen molar-refractivity contribution >= 4 is 40.9 Å². The van der Waals surface area contributed by atoms with Crippen LogP contribution in [0.4, 0.5) is 11.6 Å². The van der Waals surface area contributed by atoms with E-state index in [1.165, 1.54) is 6.33 Å². The molecule has 8 heteroatoms. The average Bonchev–Trinajstić information content (AvgIpc) is 3.16. The fourth-order valence-electron chi connectivity index (χ4n) is 3.21. The zero-order valence-corrected chi connectivity index (χ0v) is 16.9. The molecule has 2 heterocycles. The van der Waals surface area contributed by atoms with Crippen molar-refractivity contribution in [3.8, 4) is 0 Å². The van der Waals surface area contributed by atoms with E-state index in [4.69, 9.17) is 11.6 Å². The van der Waals surface area contributed by atoms with Gasteiger partial charge in [0.2, 0.25) is 5.95 Å². The highest BCUT2D eigenvalue weighted by Crippen LogP contribution is 2.35. The SMILES string of the molecule is CSc1ccc([C@H]2C(C(=O)Nc3ccc(Cl)cc3)=C(C)Nc3ncnn32)cc1. The predicted octanol–water partition coefficient (Wildman–Crippen LogP) is 4.58. The summed E-state index contributed by atoms with van der Waals surface area (Å²) in [5.74, 6) is 0.409. The molecule has 1 atom stereocenters. The summed E-state index contributed by atoms with van der Waals surface area (Å²) in [7, 11) is 0. The summed E-state index contributed by atoms with van der Waals surface area (Å²) < 4.78 is 1.73. The monoisotopic (exact) mass is 411 g/mol. The largest absolute Gasteiger partial charge is 0.328 e. The number of anilines is 2. The molecule has 0 spiro atoms. The van der Waals surface area contributed by atoms with Gasteiger partial charge in [0, 0.05) is 21.3 Å². The summed E-state index contributed by atoms with van der Waals surface area (Å²) >= 11 is 7.61. The molecule has 1 aromatic heterocycles. The molecule has 142 valence electrons. The lowest BCUT2D eigenvalue weighted by molar-refractivity contribution is -0.113. The van der Waals surface area contributed by atoms with Crippen LogP contribution in [-0.2, 0) is 4.79 Å². The van der Waals surface area contributed by atoms with Gasteiger partial charge < -0.3 is 10.6 Å². The Hall–Kier alpha value is -2.77. The Balaban J connectivity index is 1.73. The van der Waals surface area contributed by atoms with E-state index in [1.54, 1.807) is 40.7 Å². The number of hydrogen-bond donors (Lipinski definition) is 2. The molecule has 6 nitrogen and oxygen atoms in total. The van der Waals surface area contributed by atoms with E-state index >= 15 is 0 Å². The molecule has 0 saturated carbocycles. The number of carbonyl (C=O) groups is 1. The first-order valence-electron chi connectivity index (χ1n) is 8.65. The molecule has 0 unspecified atom stereocenters. The number of hydrogen-bond acceptors (Lipinski definition) is 5. The van der Waals surface area contributed by atoms with Crippen LogP contribution in [0.25, 0.3) is 0 Å². The summed E-state index contributed by atoms with van der Waals surface area (Å²) in [6.45, 7) is 1.87. The summed E-state index contributed by atoms with van der Waals surface area (Å²) in [5, 5.41) is 11.1. The van der Waals surface area contributed by atoms with E-state index in [0.29, 0.717) is 22.2 Å². The van der Waals surface area contributed by atoms with Gasteiger partial charge >= 0.3 is 0 Å². The van der Waals surface area contributed by atoms with Crippen LogP contribution in [0.5, 0.6) is 0 Å². The van der Waals surface area contributed by atoms with E-state index in [2.05, 4.69) is 20.7 Å². The van der Waals surface area contributed by atoms with Gasteiger partial charge in [-0.1, -0.05) is 23.7 Å². The Kier molecular flexibility index (Phi) is 5.11. The summed E-state index contributed by atoms with van der Waals surface area (Å²) in [4.78, 5) is 18.6. The van der Waals surface area contributed by atoms with Crippen molar-refractivity contribution in [3.05, 3.63) is 76.7 Å². The minimum Gasteiger partial charge on any atom is -0.328 e. The van der Waals surface area contributed by atoms with Crippen LogP contribution in [0.3, 0.4) is 0 Å². The number of fused-ring (bicyclic) bond motifs is 1. The molecule has 1 aliphatic heterocycles. The predicted molar refractivity (Wildman–Crippen MR) is 113 cm³/mol. The summed E-state index contributed by atoms with van der Waals surface area (Å²) in [5.41, 5.74) is 2.97. The molecule has 1 aliphatic rings. The standard InChI is InChI=1S/C20H18ClN5OS/c1-12-17(19(27)25-15-7-5-14(21)6-8-15)18(26-20(24-12)22-11-23-26)13-3-9-16(28-2)10-4-13/h3-11,18H,1-2H3,(H,25,27)(H,22,23,24)/t18-/m0/s1. The van der Waals surface area contributed by atoms with E-state index in [-0.39, 0.29) is 11.9 Å². The van der Waals surface area contributed by atoms with Gasteiger partial charge in [0.25, 0.3) is 5.91 Å². The van der Waals surface area contributed by atoms with Gasteiger partial charge in [-0.15, -0.1) is 11.8 Å². The van der Waals surface area contributed by atoms with Crippen molar-refractivity contribution in [2.24, 2.45) is 0 Å². The van der Waals surface area contributed by atoms with E-state index < -0.39 is 0 Å². The zero-order chi connectivity index (χ0) is 19.7. The zero-order valence-electron chi connectivity index (χ0n) is 15.3. The second kappa shape index (κ2) is 7.69. The third kappa shape index (κ3) is 3.50. The fraction of sp³-hybridized carbons (Fsp3) is 0.150. The van der Waals surface area contributed by atoms with Gasteiger partial charge in [0.1, 0.15) is 12.4 Å². The van der Waals surface area contributed by atoms with Crippen LogP contribution < -0.4 is 10.6 Å². The highest BCUT2D eigenvalue weighted by molar-refractivity contribution is 7.98. The van der Waals surface area contributed by atoms with Gasteiger partial charge in [0.05, 0.1) is 5.57 Å². The Morgan fingerprint density at radius 2 is 1.89 bits per heavy atom. The van der Waals surface area contributed by atoms with E-state index in [0.717, 1.165) is 16.2 Å². The van der Waals surface area contributed by atoms with Crippen molar-refractivity contribution in [2.75, 3.05) is 16.9 Å². The lowest BCUT2D eigenvalue weighted by atomic mass is 9.95. The first kappa shape index (κ1) is 18.6. The Bertz CT molecular complexity index is 1040. The molecule has 2 aromatic carbocycles. The van der Waals surface area contributed by atoms with Crippen molar-refractivity contribution < 1.29 is 4.79 Å². The van der Waals surface area contributed by atoms with Crippen molar-refractivity contribution in [3.63, 3.8) is 0 Å². The number of amides is 1. The van der Waals surface area contributed by atoms with Crippen LogP contribution in [-0.4, -0.2) is 26.9 Å². The molecule has 2 N–H and O–H groups in total. The van der Waals surface area contributed by atoms with E-state index in [1.807, 2.05) is 37.4 Å². The maximum Gasteiger partial charge on any atom is 0.255 e. The molecule has 0 saturated heterocycles. The number of nitrogens with zero attached hydrogens (tertiary/aromatic N) is 3. The van der Waals surface area contributed by atoms with Gasteiger partial charge in [-0.05, 0) is 55.1 Å². The van der Waals surface area contributed by atoms with Crippen LogP contribution in [0.1, 0.15) is 18.5 Å². The molecule has 0 fully saturated rings. The molecule has 28 heavy (non-hydrogen) atoms. The normalized spacial score (nSPS) is 15.8. The van der Waals surface area contributed by atoms with Gasteiger partial charge in [0.15, 0.2) is 0 Å². The molecular weight excluding hydrogens is 394 g/mol. The minimum atomic E-state index is -0.373. The number of halogens is 1. The van der Waals surface area contributed by atoms with Crippen LogP contribution in [0, 0.1) is 0 Å². The molecular formula is C20H18ClN5OS. The molecule has 1 amide bonds. The first-order valence-corrected chi connectivity index (χ1v) is 10.3.